The summed E-state index contributed by atoms with van der Waals surface area (Å²) < 4.78 is 0.708. The van der Waals surface area contributed by atoms with E-state index in [0.29, 0.717) is 16.6 Å². The number of phenols is 1. The van der Waals surface area contributed by atoms with Crippen LogP contribution in [0.1, 0.15) is 31.4 Å². The molecule has 4 N–H and O–H groups in total. The molecule has 0 bridgehead atoms. The molecule has 2 heterocycles. The van der Waals surface area contributed by atoms with Crippen LogP contribution in [0.4, 0.5) is 9.59 Å². The molecule has 2 aliphatic heterocycles. The van der Waals surface area contributed by atoms with Gasteiger partial charge < -0.3 is 20.6 Å². The molecule has 3 unspecified atom stereocenters. The molecule has 2 fully saturated rings. The number of halogens is 1. The van der Waals surface area contributed by atoms with E-state index in [9.17, 15) is 19.5 Å². The summed E-state index contributed by atoms with van der Waals surface area (Å²) >= 11 is 3.33. The van der Waals surface area contributed by atoms with Crippen molar-refractivity contribution in [2.45, 2.75) is 32.0 Å². The summed E-state index contributed by atoms with van der Waals surface area (Å²) in [6.45, 7) is 2.42. The third-order valence-corrected chi connectivity index (χ3v) is 4.96. The van der Waals surface area contributed by atoms with Gasteiger partial charge in [0.25, 0.3) is 0 Å². The van der Waals surface area contributed by atoms with E-state index in [1.807, 2.05) is 6.92 Å². The highest BCUT2D eigenvalue weighted by Crippen LogP contribution is 2.37. The lowest BCUT2D eigenvalue weighted by atomic mass is 9.85. The zero-order valence-corrected chi connectivity index (χ0v) is 15.2. The molecule has 25 heavy (non-hydrogen) atoms. The Kier molecular flexibility index (Phi) is 4.85. The Morgan fingerprint density at radius 1 is 1.24 bits per heavy atom. The van der Waals surface area contributed by atoms with Crippen LogP contribution in [0.15, 0.2) is 22.7 Å². The minimum Gasteiger partial charge on any atom is -0.508 e. The number of amides is 5. The number of aromatic hydroxyl groups is 1. The standard InChI is InChI=1S/C16H19BrN4O4/c1-2-3-6-21-13-11(14(23)20-16(21)25)12(18-15(24)19-13)9-7-8(17)4-5-10(9)22/h4-5,7,11-13,22H,2-3,6H2,1H3,(H2,18,19,24)(H,20,23,25). The van der Waals surface area contributed by atoms with E-state index in [-0.39, 0.29) is 5.75 Å². The maximum absolute atomic E-state index is 12.5. The first-order valence-electron chi connectivity index (χ1n) is 8.09. The van der Waals surface area contributed by atoms with Crippen molar-refractivity contribution in [1.82, 2.24) is 20.9 Å². The largest absolute Gasteiger partial charge is 0.508 e. The van der Waals surface area contributed by atoms with E-state index in [1.165, 1.54) is 11.0 Å². The first kappa shape index (κ1) is 17.5. The van der Waals surface area contributed by atoms with E-state index in [4.69, 9.17) is 0 Å². The number of hydrogen-bond acceptors (Lipinski definition) is 4. The van der Waals surface area contributed by atoms with Crippen molar-refractivity contribution >= 4 is 33.9 Å². The molecule has 5 amide bonds. The summed E-state index contributed by atoms with van der Waals surface area (Å²) in [6.07, 6.45) is 0.864. The maximum atomic E-state index is 12.5. The fourth-order valence-corrected chi connectivity index (χ4v) is 3.63. The summed E-state index contributed by atoms with van der Waals surface area (Å²) in [6, 6.07) is 3.05. The smallest absolute Gasteiger partial charge is 0.325 e. The van der Waals surface area contributed by atoms with Gasteiger partial charge in [-0.05, 0) is 24.6 Å². The highest BCUT2D eigenvalue weighted by Gasteiger charge is 2.50. The summed E-state index contributed by atoms with van der Waals surface area (Å²) in [7, 11) is 0. The molecule has 1 aromatic rings. The fourth-order valence-electron chi connectivity index (χ4n) is 3.25. The van der Waals surface area contributed by atoms with E-state index in [0.717, 1.165) is 12.8 Å². The van der Waals surface area contributed by atoms with Crippen molar-refractivity contribution in [3.05, 3.63) is 28.2 Å². The van der Waals surface area contributed by atoms with Crippen molar-refractivity contribution in [3.63, 3.8) is 0 Å². The lowest BCUT2D eigenvalue weighted by Gasteiger charge is -2.46. The quantitative estimate of drug-likeness (QED) is 0.606. The number of urea groups is 2. The van der Waals surface area contributed by atoms with Gasteiger partial charge in [0, 0.05) is 16.6 Å². The van der Waals surface area contributed by atoms with Crippen LogP contribution >= 0.6 is 15.9 Å². The Morgan fingerprint density at radius 2 is 2.00 bits per heavy atom. The number of nitrogens with one attached hydrogen (secondary N) is 3. The second kappa shape index (κ2) is 6.91. The minimum atomic E-state index is -0.759. The van der Waals surface area contributed by atoms with Crippen molar-refractivity contribution in [3.8, 4) is 5.75 Å². The number of benzene rings is 1. The van der Waals surface area contributed by atoms with Gasteiger partial charge in [0.2, 0.25) is 5.91 Å². The zero-order valence-electron chi connectivity index (χ0n) is 13.6. The van der Waals surface area contributed by atoms with Gasteiger partial charge in [-0.25, -0.2) is 9.59 Å². The Labute approximate surface area is 153 Å². The number of nitrogens with zero attached hydrogens (tertiary/aromatic N) is 1. The Balaban J connectivity index is 2.00. The van der Waals surface area contributed by atoms with Crippen LogP contribution in [0.2, 0.25) is 0 Å². The number of unbranched alkanes of at least 4 members (excludes halogenated alkanes) is 1. The number of carbonyl (C=O) groups is 3. The Hall–Kier alpha value is -2.29. The van der Waals surface area contributed by atoms with Crippen LogP contribution in [-0.2, 0) is 4.79 Å². The molecule has 134 valence electrons. The zero-order chi connectivity index (χ0) is 18.1. The molecule has 0 saturated carbocycles. The first-order valence-corrected chi connectivity index (χ1v) is 8.88. The number of carbonyl (C=O) groups excluding carboxylic acids is 3. The van der Waals surface area contributed by atoms with Gasteiger partial charge in [-0.3, -0.25) is 10.1 Å². The first-order chi connectivity index (χ1) is 11.9. The molecular weight excluding hydrogens is 392 g/mol. The highest BCUT2D eigenvalue weighted by atomic mass is 79.9. The predicted octanol–water partition coefficient (Wildman–Crippen LogP) is 1.80. The van der Waals surface area contributed by atoms with Crippen molar-refractivity contribution in [1.29, 1.82) is 0 Å². The van der Waals surface area contributed by atoms with Crippen LogP contribution < -0.4 is 16.0 Å². The van der Waals surface area contributed by atoms with Crippen molar-refractivity contribution in [2.24, 2.45) is 5.92 Å². The van der Waals surface area contributed by atoms with Crippen molar-refractivity contribution < 1.29 is 19.5 Å². The van der Waals surface area contributed by atoms with Gasteiger partial charge in [0.15, 0.2) is 0 Å². The summed E-state index contributed by atoms with van der Waals surface area (Å²) in [4.78, 5) is 38.3. The van der Waals surface area contributed by atoms with Crippen LogP contribution in [0.5, 0.6) is 5.75 Å². The lowest BCUT2D eigenvalue weighted by molar-refractivity contribution is -0.130. The van der Waals surface area contributed by atoms with Gasteiger partial charge in [-0.2, -0.15) is 0 Å². The summed E-state index contributed by atoms with van der Waals surface area (Å²) in [5, 5.41) is 17.9. The molecule has 2 saturated heterocycles. The van der Waals surface area contributed by atoms with Gasteiger partial charge in [0.1, 0.15) is 17.8 Å². The normalized spacial score (nSPS) is 25.8. The Morgan fingerprint density at radius 3 is 2.72 bits per heavy atom. The third-order valence-electron chi connectivity index (χ3n) is 4.47. The molecule has 9 heteroatoms. The van der Waals surface area contributed by atoms with E-state index >= 15 is 0 Å². The Bertz CT molecular complexity index is 726. The molecule has 0 radical (unpaired) electrons. The maximum Gasteiger partial charge on any atom is 0.325 e. The van der Waals surface area contributed by atoms with Gasteiger partial charge >= 0.3 is 12.1 Å². The lowest BCUT2D eigenvalue weighted by Crippen LogP contribution is -2.72. The second-order valence-electron chi connectivity index (χ2n) is 6.11. The van der Waals surface area contributed by atoms with E-state index < -0.39 is 36.1 Å². The number of phenolic OH excluding ortho intramolecular Hbond substituents is 1. The molecule has 0 aromatic heterocycles. The topological polar surface area (TPSA) is 111 Å². The molecule has 0 aliphatic carbocycles. The number of hydrogen-bond donors (Lipinski definition) is 4. The molecule has 8 nitrogen and oxygen atoms in total. The molecule has 3 atom stereocenters. The molecule has 1 aromatic carbocycles. The average molecular weight is 411 g/mol. The fraction of sp³-hybridized carbons (Fsp3) is 0.438. The number of fused-ring (bicyclic) bond motifs is 1. The van der Waals surface area contributed by atoms with Crippen LogP contribution in [0, 0.1) is 5.92 Å². The van der Waals surface area contributed by atoms with Crippen LogP contribution in [0.25, 0.3) is 0 Å². The third kappa shape index (κ3) is 3.28. The van der Waals surface area contributed by atoms with Gasteiger partial charge in [-0.1, -0.05) is 29.3 Å². The van der Waals surface area contributed by atoms with E-state index in [2.05, 4.69) is 31.9 Å². The SMILES string of the molecule is CCCCN1C(=O)NC(=O)C2C(c3cc(Br)ccc3O)NC(=O)NC21. The van der Waals surface area contributed by atoms with Crippen LogP contribution in [-0.4, -0.2) is 40.7 Å². The van der Waals surface area contributed by atoms with Gasteiger partial charge in [-0.15, -0.1) is 0 Å². The number of imide groups is 1. The van der Waals surface area contributed by atoms with Gasteiger partial charge in [0.05, 0.1) is 6.04 Å². The molecule has 0 spiro atoms. The molecular formula is C16H19BrN4O4. The molecule has 2 aliphatic rings. The minimum absolute atomic E-state index is 0.0287. The summed E-state index contributed by atoms with van der Waals surface area (Å²) in [5.74, 6) is -1.27. The predicted molar refractivity (Wildman–Crippen MR) is 92.6 cm³/mol. The number of rotatable bonds is 4. The monoisotopic (exact) mass is 410 g/mol. The average Bonchev–Trinajstić information content (AvgIpc) is 2.56. The summed E-state index contributed by atoms with van der Waals surface area (Å²) in [5.41, 5.74) is 0.416. The van der Waals surface area contributed by atoms with E-state index in [1.54, 1.807) is 12.1 Å². The highest BCUT2D eigenvalue weighted by molar-refractivity contribution is 9.10. The molecule has 3 rings (SSSR count). The van der Waals surface area contributed by atoms with Crippen LogP contribution in [0.3, 0.4) is 0 Å². The van der Waals surface area contributed by atoms with Crippen molar-refractivity contribution in [2.75, 3.05) is 6.54 Å². The second-order valence-corrected chi connectivity index (χ2v) is 7.03.